The fourth-order valence-electron chi connectivity index (χ4n) is 2.31. The molecule has 0 saturated heterocycles. The molecule has 3 amide bonds. The Balaban J connectivity index is 2.09. The number of nitrogens with one attached hydrogen (secondary N) is 4. The number of anilines is 1. The highest BCUT2D eigenvalue weighted by Gasteiger charge is 2.20. The molecule has 0 saturated carbocycles. The zero-order valence-electron chi connectivity index (χ0n) is 14.7. The summed E-state index contributed by atoms with van der Waals surface area (Å²) in [5.74, 6) is -1.01. The normalized spacial score (nSPS) is 11.0. The molecule has 2 aromatic rings. The Morgan fingerprint density at radius 3 is 2.36 bits per heavy atom. The number of halogens is 1. The predicted molar refractivity (Wildman–Crippen MR) is 105 cm³/mol. The van der Waals surface area contributed by atoms with Crippen LogP contribution in [-0.4, -0.2) is 35.5 Å². The molecule has 0 bridgehead atoms. The van der Waals surface area contributed by atoms with Gasteiger partial charge in [0.15, 0.2) is 0 Å². The number of aliphatic hydroxyl groups excluding tert-OH is 1. The van der Waals surface area contributed by atoms with Gasteiger partial charge in [-0.1, -0.05) is 23.7 Å². The lowest BCUT2D eigenvalue weighted by molar-refractivity contribution is -0.122. The minimum Gasteiger partial charge on any atom is -0.387 e. The molecule has 0 fully saturated rings. The Morgan fingerprint density at radius 2 is 1.79 bits per heavy atom. The monoisotopic (exact) mass is 399 g/mol. The van der Waals surface area contributed by atoms with Crippen LogP contribution in [-0.2, 0) is 11.2 Å². The van der Waals surface area contributed by atoms with Crippen LogP contribution in [0.2, 0.25) is 5.02 Å². The third-order valence-electron chi connectivity index (χ3n) is 3.70. The Bertz CT molecular complexity index is 891. The van der Waals surface area contributed by atoms with Gasteiger partial charge in [-0.25, -0.2) is 4.79 Å². The first-order valence-electron chi connectivity index (χ1n) is 8.22. The summed E-state index contributed by atoms with van der Waals surface area (Å²) in [5.41, 5.74) is 1.71. The van der Waals surface area contributed by atoms with Crippen molar-refractivity contribution in [2.75, 3.05) is 11.9 Å². The van der Waals surface area contributed by atoms with Crippen molar-refractivity contribution in [2.45, 2.75) is 12.5 Å². The molecule has 0 aliphatic rings. The largest absolute Gasteiger partial charge is 0.387 e. The molecular formula is C19H18ClN5O3. The molecule has 1 unspecified atom stereocenters. The lowest BCUT2D eigenvalue weighted by Crippen LogP contribution is -2.50. The first-order valence-corrected chi connectivity index (χ1v) is 8.60. The van der Waals surface area contributed by atoms with Crippen molar-refractivity contribution in [3.05, 3.63) is 64.7 Å². The van der Waals surface area contributed by atoms with Gasteiger partial charge in [0.1, 0.15) is 12.4 Å². The summed E-state index contributed by atoms with van der Waals surface area (Å²) < 4.78 is 0. The van der Waals surface area contributed by atoms with Crippen molar-refractivity contribution in [1.82, 2.24) is 10.6 Å². The predicted octanol–water partition coefficient (Wildman–Crippen LogP) is 2.03. The molecule has 0 aliphatic heterocycles. The molecule has 28 heavy (non-hydrogen) atoms. The summed E-state index contributed by atoms with van der Waals surface area (Å²) in [5, 5.41) is 33.7. The van der Waals surface area contributed by atoms with Gasteiger partial charge in [0.05, 0.1) is 17.7 Å². The van der Waals surface area contributed by atoms with Gasteiger partial charge in [-0.05, 0) is 48.4 Å². The highest BCUT2D eigenvalue weighted by molar-refractivity contribution is 6.30. The van der Waals surface area contributed by atoms with Crippen molar-refractivity contribution in [3.63, 3.8) is 0 Å². The van der Waals surface area contributed by atoms with E-state index in [0.717, 1.165) is 5.56 Å². The first kappa shape index (κ1) is 20.9. The van der Waals surface area contributed by atoms with E-state index in [1.54, 1.807) is 48.5 Å². The molecule has 144 valence electrons. The van der Waals surface area contributed by atoms with Crippen molar-refractivity contribution in [3.8, 4) is 6.07 Å². The maximum atomic E-state index is 12.3. The molecule has 5 N–H and O–H groups in total. The van der Waals surface area contributed by atoms with E-state index in [4.69, 9.17) is 27.4 Å². The van der Waals surface area contributed by atoms with E-state index in [-0.39, 0.29) is 12.3 Å². The minimum atomic E-state index is -0.852. The number of amidine groups is 1. The molecule has 0 radical (unpaired) electrons. The van der Waals surface area contributed by atoms with Crippen LogP contribution in [0.4, 0.5) is 10.5 Å². The highest BCUT2D eigenvalue weighted by atomic mass is 35.5. The number of urea groups is 1. The molecule has 2 aromatic carbocycles. The van der Waals surface area contributed by atoms with Gasteiger partial charge in [0.2, 0.25) is 0 Å². The van der Waals surface area contributed by atoms with Gasteiger partial charge >= 0.3 is 6.03 Å². The smallest absolute Gasteiger partial charge is 0.319 e. The van der Waals surface area contributed by atoms with Gasteiger partial charge in [-0.2, -0.15) is 5.26 Å². The fourth-order valence-corrected chi connectivity index (χ4v) is 2.44. The number of amides is 3. The molecule has 2 rings (SSSR count). The molecule has 9 heteroatoms. The SMILES string of the molecule is N#Cc1ccc(NC(=O)NC(Cc2ccc(Cl)cc2)C(=N)NC(=O)CO)cc1. The summed E-state index contributed by atoms with van der Waals surface area (Å²) >= 11 is 5.87. The average molecular weight is 400 g/mol. The fraction of sp³-hybridized carbons (Fsp3) is 0.158. The van der Waals surface area contributed by atoms with E-state index in [2.05, 4.69) is 16.0 Å². The second kappa shape index (κ2) is 10.1. The van der Waals surface area contributed by atoms with Crippen molar-refractivity contribution in [1.29, 1.82) is 10.7 Å². The van der Waals surface area contributed by atoms with Crippen molar-refractivity contribution in [2.24, 2.45) is 0 Å². The third-order valence-corrected chi connectivity index (χ3v) is 3.95. The quantitative estimate of drug-likeness (QED) is 0.374. The summed E-state index contributed by atoms with van der Waals surface area (Å²) in [6.45, 7) is -0.770. The van der Waals surface area contributed by atoms with E-state index < -0.39 is 24.6 Å². The van der Waals surface area contributed by atoms with Crippen molar-refractivity contribution >= 4 is 35.1 Å². The number of hydrogen-bond donors (Lipinski definition) is 5. The molecule has 0 heterocycles. The highest BCUT2D eigenvalue weighted by Crippen LogP contribution is 2.12. The van der Waals surface area contributed by atoms with E-state index in [1.807, 2.05) is 6.07 Å². The van der Waals surface area contributed by atoms with Crippen molar-refractivity contribution < 1.29 is 14.7 Å². The Kier molecular flexibility index (Phi) is 7.51. The van der Waals surface area contributed by atoms with Crippen LogP contribution in [0, 0.1) is 16.7 Å². The number of nitrogens with zero attached hydrogens (tertiary/aromatic N) is 1. The standard InChI is InChI=1S/C19H18ClN5O3/c20-14-5-1-12(2-6-14)9-16(18(22)25-17(27)11-26)24-19(28)23-15-7-3-13(10-21)4-8-15/h1-8,16,26H,9,11H2,(H2,22,25,27)(H2,23,24,28). The number of rotatable bonds is 6. The molecule has 0 aliphatic carbocycles. The molecule has 0 spiro atoms. The van der Waals surface area contributed by atoms with Crippen LogP contribution in [0.3, 0.4) is 0 Å². The number of carbonyl (C=O) groups is 2. The maximum Gasteiger partial charge on any atom is 0.319 e. The minimum absolute atomic E-state index is 0.225. The number of nitriles is 1. The second-order valence-corrected chi connectivity index (χ2v) is 6.23. The number of benzene rings is 2. The van der Waals surface area contributed by atoms with Gasteiger partial charge in [0, 0.05) is 10.7 Å². The topological polar surface area (TPSA) is 138 Å². The van der Waals surface area contributed by atoms with Crippen LogP contribution in [0.5, 0.6) is 0 Å². The van der Waals surface area contributed by atoms with Crippen LogP contribution in [0.25, 0.3) is 0 Å². The lowest BCUT2D eigenvalue weighted by atomic mass is 10.0. The Labute approximate surface area is 166 Å². The number of hydrogen-bond acceptors (Lipinski definition) is 5. The summed E-state index contributed by atoms with van der Waals surface area (Å²) in [4.78, 5) is 23.7. The third kappa shape index (κ3) is 6.39. The average Bonchev–Trinajstić information content (AvgIpc) is 2.69. The van der Waals surface area contributed by atoms with Gasteiger partial charge in [-0.3, -0.25) is 10.2 Å². The molecule has 0 aromatic heterocycles. The Hall–Kier alpha value is -3.41. The van der Waals surface area contributed by atoms with Gasteiger partial charge < -0.3 is 21.1 Å². The summed E-state index contributed by atoms with van der Waals surface area (Å²) in [6, 6.07) is 13.7. The van der Waals surface area contributed by atoms with E-state index in [1.165, 1.54) is 0 Å². The molecule has 8 nitrogen and oxygen atoms in total. The van der Waals surface area contributed by atoms with E-state index in [9.17, 15) is 9.59 Å². The van der Waals surface area contributed by atoms with Gasteiger partial charge in [-0.15, -0.1) is 0 Å². The second-order valence-electron chi connectivity index (χ2n) is 5.79. The zero-order valence-corrected chi connectivity index (χ0v) is 15.5. The number of carbonyl (C=O) groups excluding carboxylic acids is 2. The lowest BCUT2D eigenvalue weighted by Gasteiger charge is -2.20. The summed E-state index contributed by atoms with van der Waals surface area (Å²) in [7, 11) is 0. The van der Waals surface area contributed by atoms with E-state index >= 15 is 0 Å². The van der Waals surface area contributed by atoms with E-state index in [0.29, 0.717) is 16.3 Å². The zero-order chi connectivity index (χ0) is 20.5. The van der Waals surface area contributed by atoms with Crippen LogP contribution >= 0.6 is 11.6 Å². The van der Waals surface area contributed by atoms with Gasteiger partial charge in [0.25, 0.3) is 5.91 Å². The molecular weight excluding hydrogens is 382 g/mol. The summed E-state index contributed by atoms with van der Waals surface area (Å²) in [6.07, 6.45) is 0.225. The van der Waals surface area contributed by atoms with Crippen LogP contribution in [0.1, 0.15) is 11.1 Å². The first-order chi connectivity index (χ1) is 13.4. The Morgan fingerprint density at radius 1 is 1.14 bits per heavy atom. The van der Waals surface area contributed by atoms with Crippen LogP contribution < -0.4 is 16.0 Å². The maximum absolute atomic E-state index is 12.3. The van der Waals surface area contributed by atoms with Crippen LogP contribution in [0.15, 0.2) is 48.5 Å². The number of aliphatic hydroxyl groups is 1. The molecule has 1 atom stereocenters.